The van der Waals surface area contributed by atoms with E-state index < -0.39 is 0 Å². The van der Waals surface area contributed by atoms with Crippen LogP contribution in [0, 0.1) is 11.3 Å². The van der Waals surface area contributed by atoms with Crippen LogP contribution in [0.3, 0.4) is 0 Å². The molecule has 0 radical (unpaired) electrons. The fourth-order valence-electron chi connectivity index (χ4n) is 2.77. The highest BCUT2D eigenvalue weighted by atomic mass is 79.9. The quantitative estimate of drug-likeness (QED) is 0.849. The molecule has 0 saturated carbocycles. The maximum atomic E-state index is 9.13. The molecule has 0 bridgehead atoms. The minimum absolute atomic E-state index is 0.0472. The number of halogens is 1. The number of methoxy groups -OCH3 is 1. The number of hydrogen-bond donors (Lipinski definition) is 0. The predicted molar refractivity (Wildman–Crippen MR) is 82.1 cm³/mol. The maximum absolute atomic E-state index is 9.13. The van der Waals surface area contributed by atoms with Gasteiger partial charge in [-0.2, -0.15) is 10.4 Å². The van der Waals surface area contributed by atoms with Gasteiger partial charge in [-0.3, -0.25) is 0 Å². The summed E-state index contributed by atoms with van der Waals surface area (Å²) in [5.41, 5.74) is 1.86. The van der Waals surface area contributed by atoms with Crippen molar-refractivity contribution in [3.63, 3.8) is 0 Å². The van der Waals surface area contributed by atoms with Gasteiger partial charge in [0.2, 0.25) is 0 Å². The van der Waals surface area contributed by atoms with Crippen molar-refractivity contribution >= 4 is 26.8 Å². The lowest BCUT2D eigenvalue weighted by Gasteiger charge is -2.24. The van der Waals surface area contributed by atoms with Crippen LogP contribution in [0.15, 0.2) is 16.7 Å². The van der Waals surface area contributed by atoms with E-state index in [4.69, 9.17) is 14.7 Å². The Balaban J connectivity index is 2.18. The third-order valence-electron chi connectivity index (χ3n) is 3.78. The fourth-order valence-corrected chi connectivity index (χ4v) is 3.38. The van der Waals surface area contributed by atoms with Crippen molar-refractivity contribution in [3.8, 4) is 11.8 Å². The van der Waals surface area contributed by atoms with E-state index in [0.29, 0.717) is 6.42 Å². The average molecular weight is 350 g/mol. The van der Waals surface area contributed by atoms with Crippen molar-refractivity contribution in [2.24, 2.45) is 0 Å². The molecule has 0 aliphatic carbocycles. The van der Waals surface area contributed by atoms with Crippen LogP contribution in [0.2, 0.25) is 0 Å². The molecule has 21 heavy (non-hydrogen) atoms. The Morgan fingerprint density at radius 3 is 3.10 bits per heavy atom. The highest BCUT2D eigenvalue weighted by Crippen LogP contribution is 2.37. The van der Waals surface area contributed by atoms with E-state index in [1.807, 2.05) is 16.9 Å². The molecule has 110 valence electrons. The molecule has 5 nitrogen and oxygen atoms in total. The molecular weight excluding hydrogens is 334 g/mol. The molecule has 1 aliphatic rings. The Labute approximate surface area is 131 Å². The van der Waals surface area contributed by atoms with Crippen molar-refractivity contribution in [1.29, 1.82) is 5.26 Å². The second-order valence-electron chi connectivity index (χ2n) is 5.05. The summed E-state index contributed by atoms with van der Waals surface area (Å²) in [7, 11) is 1.62. The van der Waals surface area contributed by atoms with Gasteiger partial charge in [-0.05, 0) is 41.3 Å². The number of aromatic nitrogens is 2. The van der Waals surface area contributed by atoms with Gasteiger partial charge < -0.3 is 9.47 Å². The van der Waals surface area contributed by atoms with E-state index >= 15 is 0 Å². The topological polar surface area (TPSA) is 60.1 Å². The molecule has 0 amide bonds. The molecular formula is C15H16BrN3O2. The lowest BCUT2D eigenvalue weighted by atomic mass is 10.1. The molecule has 1 aromatic heterocycles. The molecule has 2 aromatic rings. The molecule has 1 unspecified atom stereocenters. The first kappa shape index (κ1) is 14.4. The van der Waals surface area contributed by atoms with E-state index in [1.54, 1.807) is 7.11 Å². The monoisotopic (exact) mass is 349 g/mol. The minimum Gasteiger partial charge on any atom is -0.496 e. The zero-order valence-corrected chi connectivity index (χ0v) is 13.4. The molecule has 0 spiro atoms. The second kappa shape index (κ2) is 6.04. The lowest BCUT2D eigenvalue weighted by Crippen LogP contribution is -2.19. The highest BCUT2D eigenvalue weighted by Gasteiger charge is 2.22. The molecule has 6 heteroatoms. The van der Waals surface area contributed by atoms with Crippen molar-refractivity contribution in [3.05, 3.63) is 22.3 Å². The molecule has 1 aliphatic heterocycles. The lowest BCUT2D eigenvalue weighted by molar-refractivity contribution is -0.0367. The standard InChI is InChI=1S/C15H16BrN3O2/c1-20-12-8-10-9-18-19(13-4-2-3-7-21-13)15(10)11(5-6-17)14(12)16/h8-9,13H,2-5,7H2,1H3. The number of benzene rings is 1. The Kier molecular flexibility index (Phi) is 4.13. The van der Waals surface area contributed by atoms with Crippen LogP contribution < -0.4 is 4.74 Å². The van der Waals surface area contributed by atoms with Gasteiger partial charge in [0, 0.05) is 17.6 Å². The van der Waals surface area contributed by atoms with Crippen molar-refractivity contribution in [2.75, 3.05) is 13.7 Å². The first-order chi connectivity index (χ1) is 10.3. The van der Waals surface area contributed by atoms with Crippen LogP contribution in [0.4, 0.5) is 0 Å². The summed E-state index contributed by atoms with van der Waals surface area (Å²) in [5.74, 6) is 0.719. The third kappa shape index (κ3) is 2.52. The minimum atomic E-state index is -0.0472. The molecule has 1 atom stereocenters. The molecule has 3 rings (SSSR count). The predicted octanol–water partition coefficient (Wildman–Crippen LogP) is 3.57. The fraction of sp³-hybridized carbons (Fsp3) is 0.467. The van der Waals surface area contributed by atoms with Crippen LogP contribution in [-0.2, 0) is 11.2 Å². The zero-order valence-electron chi connectivity index (χ0n) is 11.8. The second-order valence-corrected chi connectivity index (χ2v) is 5.85. The molecule has 1 saturated heterocycles. The summed E-state index contributed by atoms with van der Waals surface area (Å²) < 4.78 is 13.9. The van der Waals surface area contributed by atoms with Gasteiger partial charge in [0.25, 0.3) is 0 Å². The normalized spacial score (nSPS) is 18.6. The summed E-state index contributed by atoms with van der Waals surface area (Å²) in [6, 6.07) is 4.16. The Morgan fingerprint density at radius 1 is 1.57 bits per heavy atom. The number of nitrogens with zero attached hydrogens (tertiary/aromatic N) is 3. The van der Waals surface area contributed by atoms with E-state index in [0.717, 1.165) is 52.6 Å². The Hall–Kier alpha value is -1.58. The van der Waals surface area contributed by atoms with Crippen LogP contribution in [-0.4, -0.2) is 23.5 Å². The summed E-state index contributed by atoms with van der Waals surface area (Å²) in [4.78, 5) is 0. The zero-order chi connectivity index (χ0) is 14.8. The number of fused-ring (bicyclic) bond motifs is 1. The van der Waals surface area contributed by atoms with Crippen molar-refractivity contribution < 1.29 is 9.47 Å². The van der Waals surface area contributed by atoms with Crippen LogP contribution in [0.25, 0.3) is 10.9 Å². The van der Waals surface area contributed by atoms with Gasteiger partial charge in [0.05, 0.1) is 35.8 Å². The van der Waals surface area contributed by atoms with Gasteiger partial charge in [0.15, 0.2) is 6.23 Å². The maximum Gasteiger partial charge on any atom is 0.150 e. The Bertz CT molecular complexity index is 699. The van der Waals surface area contributed by atoms with E-state index in [2.05, 4.69) is 27.1 Å². The van der Waals surface area contributed by atoms with E-state index in [-0.39, 0.29) is 6.23 Å². The number of ether oxygens (including phenoxy) is 2. The third-order valence-corrected chi connectivity index (χ3v) is 4.65. The van der Waals surface area contributed by atoms with Gasteiger partial charge in [-0.15, -0.1) is 0 Å². The number of hydrogen-bond acceptors (Lipinski definition) is 4. The van der Waals surface area contributed by atoms with Crippen molar-refractivity contribution in [2.45, 2.75) is 31.9 Å². The van der Waals surface area contributed by atoms with Gasteiger partial charge in [-0.25, -0.2) is 4.68 Å². The van der Waals surface area contributed by atoms with Gasteiger partial charge in [0.1, 0.15) is 5.75 Å². The SMILES string of the molecule is COc1cc2cnn(C3CCCCO3)c2c(CC#N)c1Br. The molecule has 0 N–H and O–H groups in total. The van der Waals surface area contributed by atoms with E-state index in [1.165, 1.54) is 0 Å². The van der Waals surface area contributed by atoms with Crippen LogP contribution in [0.5, 0.6) is 5.75 Å². The van der Waals surface area contributed by atoms with Crippen molar-refractivity contribution in [1.82, 2.24) is 9.78 Å². The smallest absolute Gasteiger partial charge is 0.150 e. The highest BCUT2D eigenvalue weighted by molar-refractivity contribution is 9.10. The summed E-state index contributed by atoms with van der Waals surface area (Å²) in [6.45, 7) is 0.761. The average Bonchev–Trinajstić information content (AvgIpc) is 2.94. The molecule has 1 aromatic carbocycles. The first-order valence-electron chi connectivity index (χ1n) is 6.97. The van der Waals surface area contributed by atoms with Crippen LogP contribution in [0.1, 0.15) is 31.1 Å². The first-order valence-corrected chi connectivity index (χ1v) is 7.76. The summed E-state index contributed by atoms with van der Waals surface area (Å²) >= 11 is 3.55. The Morgan fingerprint density at radius 2 is 2.43 bits per heavy atom. The van der Waals surface area contributed by atoms with Crippen LogP contribution >= 0.6 is 15.9 Å². The summed E-state index contributed by atoms with van der Waals surface area (Å²) in [6.07, 6.45) is 5.24. The number of rotatable bonds is 3. The molecule has 2 heterocycles. The van der Waals surface area contributed by atoms with E-state index in [9.17, 15) is 0 Å². The van der Waals surface area contributed by atoms with Gasteiger partial charge >= 0.3 is 0 Å². The molecule has 1 fully saturated rings. The number of nitriles is 1. The van der Waals surface area contributed by atoms with Gasteiger partial charge in [-0.1, -0.05) is 0 Å². The summed E-state index contributed by atoms with van der Waals surface area (Å²) in [5, 5.41) is 14.6. The largest absolute Gasteiger partial charge is 0.496 e.